The zero-order chi connectivity index (χ0) is 20.6. The Kier molecular flexibility index (Phi) is 11.4. The van der Waals surface area contributed by atoms with E-state index in [1.54, 1.807) is 0 Å². The van der Waals surface area contributed by atoms with Crippen molar-refractivity contribution in [1.82, 2.24) is 9.80 Å². The topological polar surface area (TPSA) is 15.7 Å². The summed E-state index contributed by atoms with van der Waals surface area (Å²) in [6.07, 6.45) is 2.37. The lowest BCUT2D eigenvalue weighted by Gasteiger charge is -2.35. The van der Waals surface area contributed by atoms with Gasteiger partial charge in [-0.25, -0.2) is 0 Å². The van der Waals surface area contributed by atoms with E-state index in [1.807, 2.05) is 48.5 Å². The minimum atomic E-state index is 0. The number of piperazine rings is 1. The van der Waals surface area contributed by atoms with Gasteiger partial charge in [-0.1, -0.05) is 60.1 Å². The second-order valence-electron chi connectivity index (χ2n) is 7.87. The van der Waals surface area contributed by atoms with E-state index in [9.17, 15) is 0 Å². The highest BCUT2D eigenvalue weighted by Crippen LogP contribution is 2.29. The van der Waals surface area contributed by atoms with E-state index in [1.165, 1.54) is 18.5 Å². The zero-order valence-corrected chi connectivity index (χ0v) is 20.5. The van der Waals surface area contributed by atoms with Gasteiger partial charge in [-0.2, -0.15) is 0 Å². The van der Waals surface area contributed by atoms with Crippen molar-refractivity contribution in [2.75, 3.05) is 32.7 Å². The Labute approximate surface area is 209 Å². The predicted molar refractivity (Wildman–Crippen MR) is 139 cm³/mol. The average molecular weight is 494 g/mol. The third-order valence-corrected chi connectivity index (χ3v) is 5.87. The lowest BCUT2D eigenvalue weighted by molar-refractivity contribution is 0.125. The van der Waals surface area contributed by atoms with Crippen LogP contribution in [-0.2, 0) is 13.0 Å². The molecule has 0 bridgehead atoms. The molecule has 3 nitrogen and oxygen atoms in total. The first kappa shape index (κ1) is 26.5. The van der Waals surface area contributed by atoms with Crippen LogP contribution in [0.25, 0.3) is 0 Å². The molecular formula is C26H31Cl3N2O. The van der Waals surface area contributed by atoms with Crippen molar-refractivity contribution >= 4 is 36.4 Å². The Morgan fingerprint density at radius 3 is 2.06 bits per heavy atom. The number of para-hydroxylation sites is 1. The van der Waals surface area contributed by atoms with Crippen LogP contribution in [0, 0.1) is 0 Å². The summed E-state index contributed by atoms with van der Waals surface area (Å²) in [5.74, 6) is 1.74. The van der Waals surface area contributed by atoms with E-state index in [0.29, 0.717) is 0 Å². The summed E-state index contributed by atoms with van der Waals surface area (Å²) >= 11 is 6.29. The van der Waals surface area contributed by atoms with Crippen LogP contribution < -0.4 is 4.74 Å². The summed E-state index contributed by atoms with van der Waals surface area (Å²) in [6, 6.07) is 26.6. The first-order valence-corrected chi connectivity index (χ1v) is 11.1. The molecule has 1 saturated heterocycles. The van der Waals surface area contributed by atoms with E-state index < -0.39 is 0 Å². The minimum absolute atomic E-state index is 0. The fourth-order valence-corrected chi connectivity index (χ4v) is 4.14. The van der Waals surface area contributed by atoms with Crippen molar-refractivity contribution in [3.63, 3.8) is 0 Å². The Hall–Kier alpha value is -1.75. The van der Waals surface area contributed by atoms with Crippen molar-refractivity contribution < 1.29 is 4.74 Å². The van der Waals surface area contributed by atoms with Crippen molar-refractivity contribution in [1.29, 1.82) is 0 Å². The van der Waals surface area contributed by atoms with Crippen molar-refractivity contribution in [3.8, 4) is 11.5 Å². The van der Waals surface area contributed by atoms with Gasteiger partial charge in [-0.15, -0.1) is 24.8 Å². The first-order chi connectivity index (χ1) is 14.8. The third-order valence-electron chi connectivity index (χ3n) is 5.64. The van der Waals surface area contributed by atoms with E-state index in [0.717, 1.165) is 61.2 Å². The SMILES string of the molecule is Cl.Cl.Clc1ccc(Oc2ccccc2)c(CN2CCN(CCCc3ccccc3)CC2)c1. The fourth-order valence-electron chi connectivity index (χ4n) is 3.95. The fraction of sp³-hybridized carbons (Fsp3) is 0.308. The molecule has 172 valence electrons. The standard InChI is InChI=1S/C26H29ClN2O.2ClH/c27-24-13-14-26(30-25-11-5-2-6-12-25)23(20-24)21-29-18-16-28(17-19-29)15-7-10-22-8-3-1-4-9-22;;/h1-6,8-9,11-14,20H,7,10,15-19,21H2;2*1H. The number of rotatable bonds is 8. The third kappa shape index (κ3) is 7.99. The van der Waals surface area contributed by atoms with Crippen molar-refractivity contribution in [3.05, 3.63) is 95.0 Å². The Morgan fingerprint density at radius 1 is 0.750 bits per heavy atom. The number of benzene rings is 3. The van der Waals surface area contributed by atoms with Crippen LogP contribution in [-0.4, -0.2) is 42.5 Å². The number of hydrogen-bond acceptors (Lipinski definition) is 3. The molecule has 1 fully saturated rings. The maximum atomic E-state index is 6.29. The van der Waals surface area contributed by atoms with Gasteiger partial charge in [-0.3, -0.25) is 4.90 Å². The molecule has 0 spiro atoms. The van der Waals surface area contributed by atoms with Crippen LogP contribution in [0.2, 0.25) is 5.02 Å². The lowest BCUT2D eigenvalue weighted by atomic mass is 10.1. The Balaban J connectivity index is 0.00000181. The van der Waals surface area contributed by atoms with E-state index in [4.69, 9.17) is 16.3 Å². The molecule has 0 unspecified atom stereocenters. The number of hydrogen-bond donors (Lipinski definition) is 0. The van der Waals surface area contributed by atoms with Gasteiger partial charge in [0.1, 0.15) is 11.5 Å². The van der Waals surface area contributed by atoms with Gasteiger partial charge in [0, 0.05) is 43.3 Å². The van der Waals surface area contributed by atoms with Crippen LogP contribution in [0.3, 0.4) is 0 Å². The van der Waals surface area contributed by atoms with E-state index in [2.05, 4.69) is 40.1 Å². The van der Waals surface area contributed by atoms with E-state index >= 15 is 0 Å². The molecule has 0 amide bonds. The van der Waals surface area contributed by atoms with Crippen LogP contribution in [0.1, 0.15) is 17.5 Å². The van der Waals surface area contributed by atoms with Gasteiger partial charge < -0.3 is 9.64 Å². The van der Waals surface area contributed by atoms with Crippen LogP contribution in [0.5, 0.6) is 11.5 Å². The summed E-state index contributed by atoms with van der Waals surface area (Å²) in [6.45, 7) is 6.41. The van der Waals surface area contributed by atoms with Crippen LogP contribution >= 0.6 is 36.4 Å². The molecule has 1 heterocycles. The van der Waals surface area contributed by atoms with Crippen LogP contribution in [0.15, 0.2) is 78.9 Å². The molecule has 3 aromatic rings. The molecule has 6 heteroatoms. The highest BCUT2D eigenvalue weighted by molar-refractivity contribution is 6.30. The van der Waals surface area contributed by atoms with Gasteiger partial charge in [0.15, 0.2) is 0 Å². The molecule has 0 aromatic heterocycles. The maximum absolute atomic E-state index is 6.29. The van der Waals surface area contributed by atoms with E-state index in [-0.39, 0.29) is 24.8 Å². The summed E-state index contributed by atoms with van der Waals surface area (Å²) in [5.41, 5.74) is 2.58. The number of nitrogens with zero attached hydrogens (tertiary/aromatic N) is 2. The second kappa shape index (κ2) is 13.7. The highest BCUT2D eigenvalue weighted by Gasteiger charge is 2.18. The molecule has 0 N–H and O–H groups in total. The number of halogens is 3. The molecule has 1 aliphatic rings. The van der Waals surface area contributed by atoms with Gasteiger partial charge in [-0.05, 0) is 55.3 Å². The number of aryl methyl sites for hydroxylation is 1. The molecule has 0 saturated carbocycles. The minimum Gasteiger partial charge on any atom is -0.457 e. The first-order valence-electron chi connectivity index (χ1n) is 10.8. The lowest BCUT2D eigenvalue weighted by Crippen LogP contribution is -2.46. The van der Waals surface area contributed by atoms with Gasteiger partial charge in [0.25, 0.3) is 0 Å². The molecule has 3 aromatic carbocycles. The quantitative estimate of drug-likeness (QED) is 0.346. The van der Waals surface area contributed by atoms with Crippen LogP contribution in [0.4, 0.5) is 0 Å². The summed E-state index contributed by atoms with van der Waals surface area (Å²) in [4.78, 5) is 5.08. The monoisotopic (exact) mass is 492 g/mol. The molecule has 0 radical (unpaired) electrons. The van der Waals surface area contributed by atoms with Gasteiger partial charge in [0.05, 0.1) is 0 Å². The molecule has 32 heavy (non-hydrogen) atoms. The summed E-state index contributed by atoms with van der Waals surface area (Å²) in [7, 11) is 0. The molecule has 0 aliphatic carbocycles. The average Bonchev–Trinajstić information content (AvgIpc) is 2.78. The van der Waals surface area contributed by atoms with Crippen molar-refractivity contribution in [2.45, 2.75) is 19.4 Å². The molecular weight excluding hydrogens is 463 g/mol. The zero-order valence-electron chi connectivity index (χ0n) is 18.2. The summed E-state index contributed by atoms with van der Waals surface area (Å²) < 4.78 is 6.13. The normalized spacial score (nSPS) is 14.3. The summed E-state index contributed by atoms with van der Waals surface area (Å²) in [5, 5.41) is 0.755. The Morgan fingerprint density at radius 2 is 1.38 bits per heavy atom. The maximum Gasteiger partial charge on any atom is 0.132 e. The molecule has 4 rings (SSSR count). The van der Waals surface area contributed by atoms with Gasteiger partial charge >= 0.3 is 0 Å². The van der Waals surface area contributed by atoms with Crippen molar-refractivity contribution in [2.24, 2.45) is 0 Å². The molecule has 0 atom stereocenters. The largest absolute Gasteiger partial charge is 0.457 e. The number of ether oxygens (including phenoxy) is 1. The van der Waals surface area contributed by atoms with Gasteiger partial charge in [0.2, 0.25) is 0 Å². The predicted octanol–water partition coefficient (Wildman–Crippen LogP) is 6.73. The Bertz CT molecular complexity index is 917. The molecule has 1 aliphatic heterocycles. The second-order valence-corrected chi connectivity index (χ2v) is 8.31. The highest BCUT2D eigenvalue weighted by atomic mass is 35.5. The smallest absolute Gasteiger partial charge is 0.132 e.